The number of nitrogens with one attached hydrogen (secondary N) is 2. The molecule has 0 aliphatic heterocycles. The van der Waals surface area contributed by atoms with Crippen molar-refractivity contribution >= 4 is 50.5 Å². The molecule has 2 heterocycles. The smallest absolute Gasteiger partial charge is 0.341 e. The van der Waals surface area contributed by atoms with Gasteiger partial charge < -0.3 is 15.4 Å². The number of hydrogen-bond acceptors (Lipinski definition) is 7. The first-order valence-electron chi connectivity index (χ1n) is 10.8. The van der Waals surface area contributed by atoms with Gasteiger partial charge in [-0.05, 0) is 62.0 Å². The predicted octanol–water partition coefficient (Wildman–Crippen LogP) is 4.44. The number of nitrogens with zero attached hydrogens (tertiary/aromatic N) is 1. The average molecular weight is 472 g/mol. The molecule has 0 saturated heterocycles. The molecule has 1 atom stereocenters. The van der Waals surface area contributed by atoms with E-state index in [2.05, 4.69) is 23.6 Å². The zero-order chi connectivity index (χ0) is 22.8. The number of amides is 2. The van der Waals surface area contributed by atoms with Gasteiger partial charge in [-0.25, -0.2) is 4.79 Å². The van der Waals surface area contributed by atoms with Crippen molar-refractivity contribution in [3.05, 3.63) is 32.0 Å². The summed E-state index contributed by atoms with van der Waals surface area (Å²) in [5.74, 6) is -0.781. The number of carbonyl (C=O) groups excluding carboxylic acids is 3. The Morgan fingerprint density at radius 1 is 1.06 bits per heavy atom. The number of fused-ring (bicyclic) bond motifs is 2. The van der Waals surface area contributed by atoms with Crippen LogP contribution in [0.3, 0.4) is 0 Å². The summed E-state index contributed by atoms with van der Waals surface area (Å²) in [6.07, 6.45) is 6.44. The lowest BCUT2D eigenvalue weighted by Crippen LogP contribution is -2.22. The van der Waals surface area contributed by atoms with E-state index in [0.29, 0.717) is 27.0 Å². The molecule has 32 heavy (non-hydrogen) atoms. The van der Waals surface area contributed by atoms with Gasteiger partial charge in [-0.3, -0.25) is 9.59 Å². The second-order valence-corrected chi connectivity index (χ2v) is 10.6. The molecule has 2 aliphatic carbocycles. The summed E-state index contributed by atoms with van der Waals surface area (Å²) in [5, 5.41) is 16.1. The first kappa shape index (κ1) is 22.5. The second kappa shape index (κ2) is 9.43. The van der Waals surface area contributed by atoms with Gasteiger partial charge in [0.2, 0.25) is 5.91 Å². The van der Waals surface area contributed by atoms with Crippen molar-refractivity contribution in [2.45, 2.75) is 58.8 Å². The zero-order valence-corrected chi connectivity index (χ0v) is 19.8. The van der Waals surface area contributed by atoms with E-state index in [1.807, 2.05) is 0 Å². The Hall–Kier alpha value is -2.70. The van der Waals surface area contributed by atoms with Crippen molar-refractivity contribution < 1.29 is 19.1 Å². The summed E-state index contributed by atoms with van der Waals surface area (Å²) in [6.45, 7) is 3.13. The Morgan fingerprint density at radius 3 is 2.56 bits per heavy atom. The summed E-state index contributed by atoms with van der Waals surface area (Å²) in [6, 6.07) is 2.22. The van der Waals surface area contributed by atoms with Crippen molar-refractivity contribution in [3.8, 4) is 6.07 Å². The van der Waals surface area contributed by atoms with Crippen molar-refractivity contribution in [1.82, 2.24) is 0 Å². The molecular weight excluding hydrogens is 446 g/mol. The maximum Gasteiger partial charge on any atom is 0.341 e. The van der Waals surface area contributed by atoms with Gasteiger partial charge in [0.15, 0.2) is 6.61 Å². The van der Waals surface area contributed by atoms with Crippen LogP contribution >= 0.6 is 22.7 Å². The molecule has 2 amide bonds. The van der Waals surface area contributed by atoms with Gasteiger partial charge in [0.25, 0.3) is 5.91 Å². The Bertz CT molecular complexity index is 1130. The number of ether oxygens (including phenoxy) is 1. The predicted molar refractivity (Wildman–Crippen MR) is 124 cm³/mol. The third kappa shape index (κ3) is 4.57. The number of thiophene rings is 2. The van der Waals surface area contributed by atoms with Crippen molar-refractivity contribution in [3.63, 3.8) is 0 Å². The standard InChI is InChI=1S/C23H25N3O4S2/c1-12-7-8-14-16(10-24)21(32-18(14)9-12)26-19(28)11-30-23(29)20-15-5-3-4-6-17(15)31-22(20)25-13(2)27/h12H,3-9,11H2,1-2H3,(H,25,27)(H,26,28). The van der Waals surface area contributed by atoms with E-state index in [-0.39, 0.29) is 5.91 Å². The van der Waals surface area contributed by atoms with Crippen molar-refractivity contribution in [2.75, 3.05) is 17.2 Å². The minimum absolute atomic E-state index is 0.254. The number of nitriles is 1. The highest BCUT2D eigenvalue weighted by Crippen LogP contribution is 2.40. The summed E-state index contributed by atoms with van der Waals surface area (Å²) in [5.41, 5.74) is 2.84. The van der Waals surface area contributed by atoms with Crippen LogP contribution in [-0.2, 0) is 40.0 Å². The molecule has 2 aliphatic rings. The fraction of sp³-hybridized carbons (Fsp3) is 0.478. The van der Waals surface area contributed by atoms with Crippen LogP contribution in [0.4, 0.5) is 10.0 Å². The van der Waals surface area contributed by atoms with Gasteiger partial charge in [-0.2, -0.15) is 5.26 Å². The molecule has 0 aromatic carbocycles. The van der Waals surface area contributed by atoms with Gasteiger partial charge in [0.1, 0.15) is 16.1 Å². The molecule has 9 heteroatoms. The van der Waals surface area contributed by atoms with Gasteiger partial charge in [0, 0.05) is 16.7 Å². The third-order valence-corrected chi connectivity index (χ3v) is 8.25. The van der Waals surface area contributed by atoms with Crippen molar-refractivity contribution in [2.24, 2.45) is 5.92 Å². The molecule has 2 N–H and O–H groups in total. The molecule has 168 valence electrons. The first-order chi connectivity index (χ1) is 15.4. The normalized spacial score (nSPS) is 17.0. The van der Waals surface area contributed by atoms with Gasteiger partial charge >= 0.3 is 5.97 Å². The van der Waals surface area contributed by atoms with Crippen LogP contribution < -0.4 is 10.6 Å². The maximum atomic E-state index is 12.9. The lowest BCUT2D eigenvalue weighted by atomic mass is 9.89. The SMILES string of the molecule is CC(=O)Nc1sc2c(c1C(=O)OCC(=O)Nc1sc3c(c1C#N)CCC(C)C3)CCCC2. The monoisotopic (exact) mass is 471 g/mol. The minimum Gasteiger partial charge on any atom is -0.452 e. The van der Waals surface area contributed by atoms with E-state index in [1.165, 1.54) is 29.6 Å². The maximum absolute atomic E-state index is 12.9. The van der Waals surface area contributed by atoms with Crippen LogP contribution in [0.1, 0.15) is 69.9 Å². The molecule has 0 bridgehead atoms. The molecule has 2 aromatic rings. The highest BCUT2D eigenvalue weighted by molar-refractivity contribution is 7.17. The number of carbonyl (C=O) groups is 3. The highest BCUT2D eigenvalue weighted by atomic mass is 32.1. The highest BCUT2D eigenvalue weighted by Gasteiger charge is 2.28. The Kier molecular flexibility index (Phi) is 6.63. The van der Waals surface area contributed by atoms with Crippen LogP contribution in [-0.4, -0.2) is 24.4 Å². The van der Waals surface area contributed by atoms with E-state index in [0.717, 1.165) is 65.8 Å². The number of hydrogen-bond donors (Lipinski definition) is 2. The zero-order valence-electron chi connectivity index (χ0n) is 18.1. The summed E-state index contributed by atoms with van der Waals surface area (Å²) < 4.78 is 5.33. The third-order valence-electron chi connectivity index (χ3n) is 5.88. The average Bonchev–Trinajstić information content (AvgIpc) is 3.27. The fourth-order valence-electron chi connectivity index (χ4n) is 4.35. The summed E-state index contributed by atoms with van der Waals surface area (Å²) in [4.78, 5) is 39.2. The van der Waals surface area contributed by atoms with E-state index in [4.69, 9.17) is 4.74 Å². The molecule has 1 unspecified atom stereocenters. The Balaban J connectivity index is 1.45. The number of anilines is 2. The van der Waals surface area contributed by atoms with Gasteiger partial charge in [0.05, 0.1) is 11.1 Å². The van der Waals surface area contributed by atoms with E-state index < -0.39 is 18.5 Å². The molecule has 7 nitrogen and oxygen atoms in total. The fourth-order valence-corrected chi connectivity index (χ4v) is 7.05. The number of esters is 1. The number of aryl methyl sites for hydroxylation is 1. The van der Waals surface area contributed by atoms with E-state index in [9.17, 15) is 19.6 Å². The largest absolute Gasteiger partial charge is 0.452 e. The Morgan fingerprint density at radius 2 is 1.81 bits per heavy atom. The van der Waals surface area contributed by atoms with Crippen molar-refractivity contribution in [1.29, 1.82) is 5.26 Å². The van der Waals surface area contributed by atoms with Crippen LogP contribution in [0, 0.1) is 17.2 Å². The minimum atomic E-state index is -0.608. The molecule has 4 rings (SSSR count). The van der Waals surface area contributed by atoms with Crippen LogP contribution in [0.15, 0.2) is 0 Å². The number of rotatable bonds is 5. The summed E-state index contributed by atoms with van der Waals surface area (Å²) >= 11 is 2.85. The second-order valence-electron chi connectivity index (χ2n) is 8.39. The van der Waals surface area contributed by atoms with Gasteiger partial charge in [-0.1, -0.05) is 6.92 Å². The summed E-state index contributed by atoms with van der Waals surface area (Å²) in [7, 11) is 0. The Labute approximate surface area is 194 Å². The first-order valence-corrected chi connectivity index (χ1v) is 12.4. The van der Waals surface area contributed by atoms with E-state index in [1.54, 1.807) is 0 Å². The lowest BCUT2D eigenvalue weighted by molar-refractivity contribution is -0.119. The molecule has 2 aromatic heterocycles. The van der Waals surface area contributed by atoms with Crippen LogP contribution in [0.5, 0.6) is 0 Å². The van der Waals surface area contributed by atoms with Crippen LogP contribution in [0.25, 0.3) is 0 Å². The molecule has 0 fully saturated rings. The molecule has 0 saturated carbocycles. The molecule has 0 spiro atoms. The van der Waals surface area contributed by atoms with Gasteiger partial charge in [-0.15, -0.1) is 22.7 Å². The lowest BCUT2D eigenvalue weighted by Gasteiger charge is -2.17. The van der Waals surface area contributed by atoms with E-state index >= 15 is 0 Å². The van der Waals surface area contributed by atoms with Crippen LogP contribution in [0.2, 0.25) is 0 Å². The topological polar surface area (TPSA) is 108 Å². The molecular formula is C23H25N3O4S2. The molecule has 0 radical (unpaired) electrons. The quantitative estimate of drug-likeness (QED) is 0.627.